The van der Waals surface area contributed by atoms with Crippen LogP contribution in [0.3, 0.4) is 0 Å². The molecule has 36 heavy (non-hydrogen) atoms. The molecule has 1 amide bonds. The molecule has 1 aliphatic carbocycles. The number of sulfonamides is 1. The molecule has 1 aliphatic rings. The van der Waals surface area contributed by atoms with E-state index in [-0.39, 0.29) is 23.7 Å². The van der Waals surface area contributed by atoms with Crippen LogP contribution in [0, 0.1) is 5.82 Å². The van der Waals surface area contributed by atoms with Crippen molar-refractivity contribution >= 4 is 26.8 Å². The fraction of sp³-hybridized carbons (Fsp3) is 0.259. The highest BCUT2D eigenvalue weighted by molar-refractivity contribution is 7.91. The Bertz CT molecular complexity index is 1650. The molecule has 0 spiro atoms. The minimum atomic E-state index is -3.87. The second kappa shape index (κ2) is 9.05. The maximum absolute atomic E-state index is 14.7. The number of carbonyl (C=O) groups is 1. The summed E-state index contributed by atoms with van der Waals surface area (Å²) >= 11 is 0. The van der Waals surface area contributed by atoms with Crippen LogP contribution in [0.1, 0.15) is 54.2 Å². The number of amides is 1. The summed E-state index contributed by atoms with van der Waals surface area (Å²) in [5.41, 5.74) is 2.02. The molecule has 1 fully saturated rings. The van der Waals surface area contributed by atoms with Crippen LogP contribution in [0.2, 0.25) is 0 Å². The van der Waals surface area contributed by atoms with Gasteiger partial charge in [0.1, 0.15) is 11.5 Å². The second-order valence-electron chi connectivity index (χ2n) is 9.42. The van der Waals surface area contributed by atoms with E-state index in [0.29, 0.717) is 34.9 Å². The number of aromatic nitrogens is 2. The van der Waals surface area contributed by atoms with E-state index in [1.54, 1.807) is 34.9 Å². The van der Waals surface area contributed by atoms with Crippen molar-refractivity contribution in [3.8, 4) is 11.1 Å². The van der Waals surface area contributed by atoms with Gasteiger partial charge in [0.25, 0.3) is 11.5 Å². The van der Waals surface area contributed by atoms with Gasteiger partial charge in [0, 0.05) is 33.8 Å². The van der Waals surface area contributed by atoms with Crippen molar-refractivity contribution in [2.75, 3.05) is 0 Å². The summed E-state index contributed by atoms with van der Waals surface area (Å²) in [5, 5.41) is 0.00479. The summed E-state index contributed by atoms with van der Waals surface area (Å²) in [6.45, 7) is 4.03. The van der Waals surface area contributed by atoms with Crippen LogP contribution < -0.4 is 10.3 Å². The fourth-order valence-corrected chi connectivity index (χ4v) is 5.74. The molecule has 0 bridgehead atoms. The number of H-pyrrole nitrogens is 1. The van der Waals surface area contributed by atoms with Gasteiger partial charge >= 0.3 is 0 Å². The number of nitrogens with one attached hydrogen (secondary N) is 2. The average Bonchev–Trinajstić information content (AvgIpc) is 3.65. The average molecular weight is 508 g/mol. The number of nitrogens with zero attached hydrogens (tertiary/aromatic N) is 1. The number of pyridine rings is 1. The molecule has 0 radical (unpaired) electrons. The van der Waals surface area contributed by atoms with Crippen molar-refractivity contribution in [3.05, 3.63) is 93.8 Å². The molecule has 186 valence electrons. The van der Waals surface area contributed by atoms with Crippen LogP contribution in [0.4, 0.5) is 4.39 Å². The topological polar surface area (TPSA) is 101 Å². The van der Waals surface area contributed by atoms with Crippen LogP contribution in [0.15, 0.2) is 65.6 Å². The lowest BCUT2D eigenvalue weighted by atomic mass is 9.97. The van der Waals surface area contributed by atoms with E-state index in [9.17, 15) is 22.4 Å². The summed E-state index contributed by atoms with van der Waals surface area (Å²) in [6.07, 6.45) is 2.47. The molecule has 0 aliphatic heterocycles. The number of benzene rings is 2. The number of aromatic amines is 1. The van der Waals surface area contributed by atoms with Gasteiger partial charge in [-0.1, -0.05) is 38.1 Å². The zero-order valence-electron chi connectivity index (χ0n) is 19.9. The van der Waals surface area contributed by atoms with Gasteiger partial charge in [-0.25, -0.2) is 17.5 Å². The Morgan fingerprint density at radius 2 is 1.89 bits per heavy atom. The van der Waals surface area contributed by atoms with Gasteiger partial charge in [-0.2, -0.15) is 0 Å². The number of rotatable bonds is 7. The van der Waals surface area contributed by atoms with Gasteiger partial charge in [0.15, 0.2) is 0 Å². The van der Waals surface area contributed by atoms with Crippen LogP contribution in [0.25, 0.3) is 22.0 Å². The zero-order valence-corrected chi connectivity index (χ0v) is 20.7. The molecular weight excluding hydrogens is 481 g/mol. The van der Waals surface area contributed by atoms with Crippen molar-refractivity contribution < 1.29 is 17.6 Å². The summed E-state index contributed by atoms with van der Waals surface area (Å²) in [7, 11) is -3.87. The molecule has 5 rings (SSSR count). The van der Waals surface area contributed by atoms with E-state index < -0.39 is 32.6 Å². The lowest BCUT2D eigenvalue weighted by Crippen LogP contribution is -2.35. The lowest BCUT2D eigenvalue weighted by molar-refractivity contribution is 0.0974. The third-order valence-electron chi connectivity index (χ3n) is 6.54. The number of hydrogen-bond donors (Lipinski definition) is 2. The monoisotopic (exact) mass is 507 g/mol. The molecule has 0 unspecified atom stereocenters. The highest BCUT2D eigenvalue weighted by atomic mass is 32.2. The standard InChI is InChI=1S/C27H26FN3O4S/c1-16(2)17-9-12-23-21(14-17)24(20-7-5-13-29-26(20)32)25(27(33)30-36(34,35)19-10-11-19)31(23)15-18-6-3-4-8-22(18)28/h3-9,12-14,16,19H,10-11,15H2,1-2H3,(H,29,32)(H,30,33). The maximum atomic E-state index is 14.7. The largest absolute Gasteiger partial charge is 0.331 e. The Balaban J connectivity index is 1.83. The van der Waals surface area contributed by atoms with E-state index in [4.69, 9.17) is 0 Å². The number of halogens is 1. The summed E-state index contributed by atoms with van der Waals surface area (Å²) in [4.78, 5) is 29.2. The number of fused-ring (bicyclic) bond motifs is 1. The Hall–Kier alpha value is -3.72. The Morgan fingerprint density at radius 1 is 1.14 bits per heavy atom. The quantitative estimate of drug-likeness (QED) is 0.384. The normalized spacial score (nSPS) is 13.9. The summed E-state index contributed by atoms with van der Waals surface area (Å²) in [5.74, 6) is -1.13. The van der Waals surface area contributed by atoms with Gasteiger partial charge < -0.3 is 9.55 Å². The molecule has 1 saturated carbocycles. The van der Waals surface area contributed by atoms with Gasteiger partial charge in [0.2, 0.25) is 10.0 Å². The van der Waals surface area contributed by atoms with Crippen molar-refractivity contribution in [3.63, 3.8) is 0 Å². The first kappa shape index (κ1) is 24.0. The SMILES string of the molecule is CC(C)c1ccc2c(c1)c(-c1ccc[nH]c1=O)c(C(=O)NS(=O)(=O)C1CC1)n2Cc1ccccc1F. The second-order valence-corrected chi connectivity index (χ2v) is 11.4. The molecule has 7 nitrogen and oxygen atoms in total. The molecule has 2 heterocycles. The van der Waals surface area contributed by atoms with Crippen LogP contribution in [-0.4, -0.2) is 29.1 Å². The molecule has 2 N–H and O–H groups in total. The van der Waals surface area contributed by atoms with Crippen molar-refractivity contribution in [2.24, 2.45) is 0 Å². The Labute approximate surface area is 208 Å². The molecule has 0 saturated heterocycles. The highest BCUT2D eigenvalue weighted by Crippen LogP contribution is 2.37. The lowest BCUT2D eigenvalue weighted by Gasteiger charge is -2.13. The first-order valence-electron chi connectivity index (χ1n) is 11.8. The Morgan fingerprint density at radius 3 is 2.56 bits per heavy atom. The van der Waals surface area contributed by atoms with Gasteiger partial charge in [-0.3, -0.25) is 9.59 Å². The van der Waals surface area contributed by atoms with Gasteiger partial charge in [0.05, 0.1) is 11.8 Å². The minimum absolute atomic E-state index is 0.00455. The van der Waals surface area contributed by atoms with E-state index >= 15 is 0 Å². The minimum Gasteiger partial charge on any atom is -0.331 e. The first-order valence-corrected chi connectivity index (χ1v) is 13.4. The van der Waals surface area contributed by atoms with E-state index in [1.165, 1.54) is 12.3 Å². The van der Waals surface area contributed by atoms with Crippen LogP contribution >= 0.6 is 0 Å². The number of carbonyl (C=O) groups excluding carboxylic acids is 1. The van der Waals surface area contributed by atoms with E-state index in [0.717, 1.165) is 5.56 Å². The third kappa shape index (κ3) is 4.35. The van der Waals surface area contributed by atoms with Crippen molar-refractivity contribution in [2.45, 2.75) is 44.4 Å². The molecule has 2 aromatic carbocycles. The first-order chi connectivity index (χ1) is 17.2. The fourth-order valence-electron chi connectivity index (χ4n) is 4.46. The molecule has 9 heteroatoms. The molecule has 2 aromatic heterocycles. The molecular formula is C27H26FN3O4S. The predicted octanol–water partition coefficient (Wildman–Crippen LogP) is 4.53. The third-order valence-corrected chi connectivity index (χ3v) is 8.36. The van der Waals surface area contributed by atoms with Gasteiger partial charge in [-0.15, -0.1) is 0 Å². The molecule has 4 aromatic rings. The predicted molar refractivity (Wildman–Crippen MR) is 137 cm³/mol. The van der Waals surface area contributed by atoms with Gasteiger partial charge in [-0.05, 0) is 54.7 Å². The summed E-state index contributed by atoms with van der Waals surface area (Å²) in [6, 6.07) is 15.1. The van der Waals surface area contributed by atoms with E-state index in [2.05, 4.69) is 9.71 Å². The van der Waals surface area contributed by atoms with Crippen LogP contribution in [0.5, 0.6) is 0 Å². The van der Waals surface area contributed by atoms with Crippen LogP contribution in [-0.2, 0) is 16.6 Å². The number of hydrogen-bond acceptors (Lipinski definition) is 4. The van der Waals surface area contributed by atoms with Crippen molar-refractivity contribution in [1.82, 2.24) is 14.3 Å². The van der Waals surface area contributed by atoms with Crippen molar-refractivity contribution in [1.29, 1.82) is 0 Å². The summed E-state index contributed by atoms with van der Waals surface area (Å²) < 4.78 is 43.9. The highest BCUT2D eigenvalue weighted by Gasteiger charge is 2.38. The Kier molecular flexibility index (Phi) is 6.04. The molecule has 0 atom stereocenters. The smallest absolute Gasteiger partial charge is 0.282 e. The zero-order chi connectivity index (χ0) is 25.6. The van der Waals surface area contributed by atoms with E-state index in [1.807, 2.05) is 32.0 Å². The maximum Gasteiger partial charge on any atom is 0.282 e.